The van der Waals surface area contributed by atoms with E-state index < -0.39 is 0 Å². The van der Waals surface area contributed by atoms with Gasteiger partial charge in [-0.25, -0.2) is 0 Å². The Balaban J connectivity index is 2.10. The van der Waals surface area contributed by atoms with Crippen molar-refractivity contribution >= 4 is 32.3 Å². The molecule has 6 nitrogen and oxygen atoms in total. The monoisotopic (exact) mass is 660 g/mol. The standard InChI is InChI=1S/C42H60O6/c1-7-13-21-43-31-19-20-32-33(27-31)34-28-37(44-22-14-8-2)38(45-23-15-9-3)29-35(34)36-30-39(46-24-16-10-4)41(47-25-17-11-5)42(40(32)36)48-26-18-12-6/h19-20,27-30H,7-18,21-26H2,1-6H3. The van der Waals surface area contributed by atoms with E-state index in [9.17, 15) is 0 Å². The fourth-order valence-electron chi connectivity index (χ4n) is 5.71. The van der Waals surface area contributed by atoms with Crippen LogP contribution in [0.3, 0.4) is 0 Å². The molecular weight excluding hydrogens is 600 g/mol. The second-order valence-electron chi connectivity index (χ2n) is 12.7. The minimum Gasteiger partial charge on any atom is -0.494 e. The van der Waals surface area contributed by atoms with E-state index in [4.69, 9.17) is 28.4 Å². The van der Waals surface area contributed by atoms with Crippen molar-refractivity contribution in [2.24, 2.45) is 0 Å². The van der Waals surface area contributed by atoms with E-state index in [1.165, 1.54) is 0 Å². The van der Waals surface area contributed by atoms with Crippen LogP contribution in [0.2, 0.25) is 0 Å². The maximum Gasteiger partial charge on any atom is 0.204 e. The molecule has 0 atom stereocenters. The third kappa shape index (κ3) is 9.54. The van der Waals surface area contributed by atoms with E-state index >= 15 is 0 Å². The summed E-state index contributed by atoms with van der Waals surface area (Å²) >= 11 is 0. The first-order valence-corrected chi connectivity index (χ1v) is 18.9. The van der Waals surface area contributed by atoms with Crippen molar-refractivity contribution in [2.45, 2.75) is 119 Å². The minimum atomic E-state index is 0.599. The summed E-state index contributed by atoms with van der Waals surface area (Å²) in [5, 5.41) is 6.42. The summed E-state index contributed by atoms with van der Waals surface area (Å²) < 4.78 is 38.9. The molecule has 48 heavy (non-hydrogen) atoms. The van der Waals surface area contributed by atoms with E-state index in [2.05, 4.69) is 77.9 Å². The Labute approximate surface area is 289 Å². The molecule has 0 aliphatic carbocycles. The second kappa shape index (κ2) is 20.1. The molecular formula is C42H60O6. The van der Waals surface area contributed by atoms with Gasteiger partial charge in [0.2, 0.25) is 5.75 Å². The lowest BCUT2D eigenvalue weighted by Crippen LogP contribution is -2.07. The second-order valence-corrected chi connectivity index (χ2v) is 12.7. The molecule has 0 aliphatic heterocycles. The number of ether oxygens (including phenoxy) is 6. The lowest BCUT2D eigenvalue weighted by atomic mass is 9.92. The topological polar surface area (TPSA) is 55.4 Å². The van der Waals surface area contributed by atoms with Crippen LogP contribution in [0.4, 0.5) is 0 Å². The average Bonchev–Trinajstić information content (AvgIpc) is 3.09. The highest BCUT2D eigenvalue weighted by Crippen LogP contribution is 2.51. The van der Waals surface area contributed by atoms with Crippen LogP contribution < -0.4 is 28.4 Å². The van der Waals surface area contributed by atoms with Gasteiger partial charge in [-0.2, -0.15) is 0 Å². The Kier molecular flexibility index (Phi) is 15.6. The molecule has 0 bridgehead atoms. The average molecular weight is 661 g/mol. The van der Waals surface area contributed by atoms with Crippen LogP contribution in [-0.4, -0.2) is 39.6 Å². The molecule has 0 fully saturated rings. The van der Waals surface area contributed by atoms with E-state index in [-0.39, 0.29) is 0 Å². The zero-order valence-electron chi connectivity index (χ0n) is 30.6. The third-order valence-electron chi connectivity index (χ3n) is 8.65. The molecule has 0 aromatic heterocycles. The van der Waals surface area contributed by atoms with Crippen molar-refractivity contribution in [3.8, 4) is 34.5 Å². The highest BCUT2D eigenvalue weighted by Gasteiger charge is 2.24. The van der Waals surface area contributed by atoms with Crippen molar-refractivity contribution in [1.82, 2.24) is 0 Å². The van der Waals surface area contributed by atoms with Gasteiger partial charge < -0.3 is 28.4 Å². The summed E-state index contributed by atoms with van der Waals surface area (Å²) in [6.07, 6.45) is 12.2. The summed E-state index contributed by atoms with van der Waals surface area (Å²) in [5.74, 6) is 4.60. The zero-order valence-corrected chi connectivity index (χ0v) is 30.6. The Morgan fingerprint density at radius 1 is 0.354 bits per heavy atom. The van der Waals surface area contributed by atoms with Gasteiger partial charge in [-0.1, -0.05) is 80.1 Å². The minimum absolute atomic E-state index is 0.599. The van der Waals surface area contributed by atoms with Crippen molar-refractivity contribution in [1.29, 1.82) is 0 Å². The van der Waals surface area contributed by atoms with Gasteiger partial charge in [-0.05, 0) is 102 Å². The molecule has 0 heterocycles. The molecule has 0 amide bonds. The van der Waals surface area contributed by atoms with Gasteiger partial charge in [0.25, 0.3) is 0 Å². The van der Waals surface area contributed by atoms with Gasteiger partial charge in [-0.15, -0.1) is 0 Å². The quantitative estimate of drug-likeness (QED) is 0.0551. The zero-order chi connectivity index (χ0) is 34.1. The predicted molar refractivity (Wildman–Crippen MR) is 201 cm³/mol. The van der Waals surface area contributed by atoms with Crippen LogP contribution in [0.25, 0.3) is 32.3 Å². The van der Waals surface area contributed by atoms with Gasteiger partial charge in [0.15, 0.2) is 23.0 Å². The molecule has 0 N–H and O–H groups in total. The lowest BCUT2D eigenvalue weighted by molar-refractivity contribution is 0.239. The smallest absolute Gasteiger partial charge is 0.204 e. The SMILES string of the molecule is CCCCOc1ccc2c(c1)c1cc(OCCCC)c(OCCCC)cc1c1cc(OCCCC)c(OCCCC)c(OCCCC)c21. The Morgan fingerprint density at radius 2 is 0.750 bits per heavy atom. The van der Waals surface area contributed by atoms with Crippen molar-refractivity contribution in [3.05, 3.63) is 36.4 Å². The molecule has 0 saturated carbocycles. The molecule has 0 aliphatic rings. The Bertz CT molecular complexity index is 1560. The summed E-state index contributed by atoms with van der Waals surface area (Å²) in [4.78, 5) is 0. The fraction of sp³-hybridized carbons (Fsp3) is 0.571. The molecule has 0 saturated heterocycles. The number of unbranched alkanes of at least 4 members (excludes halogenated alkanes) is 6. The van der Waals surface area contributed by atoms with Gasteiger partial charge >= 0.3 is 0 Å². The molecule has 4 rings (SSSR count). The van der Waals surface area contributed by atoms with Gasteiger partial charge in [0.05, 0.1) is 39.6 Å². The van der Waals surface area contributed by atoms with E-state index in [1.807, 2.05) is 0 Å². The van der Waals surface area contributed by atoms with Crippen LogP contribution in [0.1, 0.15) is 119 Å². The highest BCUT2D eigenvalue weighted by molar-refractivity contribution is 6.28. The van der Waals surface area contributed by atoms with Crippen LogP contribution in [-0.2, 0) is 0 Å². The number of rotatable bonds is 24. The Hall–Kier alpha value is -3.54. The molecule has 0 spiro atoms. The number of hydrogen-bond acceptors (Lipinski definition) is 6. The number of benzene rings is 4. The van der Waals surface area contributed by atoms with Crippen LogP contribution >= 0.6 is 0 Å². The fourth-order valence-corrected chi connectivity index (χ4v) is 5.71. The highest BCUT2D eigenvalue weighted by atomic mass is 16.5. The van der Waals surface area contributed by atoms with Gasteiger partial charge in [0.1, 0.15) is 5.75 Å². The van der Waals surface area contributed by atoms with E-state index in [0.717, 1.165) is 138 Å². The molecule has 4 aromatic rings. The first-order chi connectivity index (χ1) is 23.6. The largest absolute Gasteiger partial charge is 0.494 e. The van der Waals surface area contributed by atoms with Gasteiger partial charge in [0, 0.05) is 5.39 Å². The molecule has 0 radical (unpaired) electrons. The number of hydrogen-bond donors (Lipinski definition) is 0. The summed E-state index contributed by atoms with van der Waals surface area (Å²) in [5.41, 5.74) is 0. The maximum atomic E-state index is 6.74. The predicted octanol–water partition coefficient (Wildman–Crippen LogP) is 12.2. The van der Waals surface area contributed by atoms with Crippen molar-refractivity contribution < 1.29 is 28.4 Å². The van der Waals surface area contributed by atoms with Crippen LogP contribution in [0.5, 0.6) is 34.5 Å². The van der Waals surface area contributed by atoms with Gasteiger partial charge in [-0.3, -0.25) is 0 Å². The van der Waals surface area contributed by atoms with Crippen LogP contribution in [0.15, 0.2) is 36.4 Å². The first-order valence-electron chi connectivity index (χ1n) is 18.9. The Morgan fingerprint density at radius 3 is 1.27 bits per heavy atom. The maximum absolute atomic E-state index is 6.74. The van der Waals surface area contributed by atoms with E-state index in [1.54, 1.807) is 0 Å². The third-order valence-corrected chi connectivity index (χ3v) is 8.65. The summed E-state index contributed by atoms with van der Waals surface area (Å²) in [6, 6.07) is 13.0. The van der Waals surface area contributed by atoms with E-state index in [0.29, 0.717) is 45.4 Å². The van der Waals surface area contributed by atoms with Crippen molar-refractivity contribution in [3.63, 3.8) is 0 Å². The normalized spacial score (nSPS) is 11.4. The molecule has 0 unspecified atom stereocenters. The molecule has 4 aromatic carbocycles. The lowest BCUT2D eigenvalue weighted by Gasteiger charge is -2.22. The molecule has 264 valence electrons. The molecule has 6 heteroatoms. The summed E-state index contributed by atoms with van der Waals surface area (Å²) in [7, 11) is 0. The first kappa shape index (κ1) is 37.3. The number of fused-ring (bicyclic) bond motifs is 6. The van der Waals surface area contributed by atoms with Crippen LogP contribution in [0, 0.1) is 0 Å². The van der Waals surface area contributed by atoms with Crippen molar-refractivity contribution in [2.75, 3.05) is 39.6 Å². The summed E-state index contributed by atoms with van der Waals surface area (Å²) in [6.45, 7) is 16.9.